The first kappa shape index (κ1) is 17.9. The van der Waals surface area contributed by atoms with Crippen molar-refractivity contribution in [3.63, 3.8) is 0 Å². The smallest absolute Gasteiger partial charge is 0.319 e. The van der Waals surface area contributed by atoms with Crippen molar-refractivity contribution in [2.75, 3.05) is 30.0 Å². The molecule has 1 unspecified atom stereocenters. The highest BCUT2D eigenvalue weighted by molar-refractivity contribution is 6.11. The molecule has 1 aliphatic rings. The molecule has 0 aliphatic carbocycles. The minimum Gasteiger partial charge on any atom is -0.465 e. The zero-order chi connectivity index (χ0) is 18.6. The van der Waals surface area contributed by atoms with E-state index in [0.717, 1.165) is 5.69 Å². The van der Waals surface area contributed by atoms with Crippen molar-refractivity contribution in [2.24, 2.45) is 10.5 Å². The van der Waals surface area contributed by atoms with E-state index in [-0.39, 0.29) is 11.8 Å². The summed E-state index contributed by atoms with van der Waals surface area (Å²) in [6.07, 6.45) is 0. The Morgan fingerprint density at radius 1 is 1.23 bits per heavy atom. The number of rotatable bonds is 5. The number of nitrogens with one attached hydrogen (secondary N) is 1. The van der Waals surface area contributed by atoms with E-state index in [1.165, 1.54) is 12.1 Å². The summed E-state index contributed by atoms with van der Waals surface area (Å²) in [6, 6.07) is 15.8. The van der Waals surface area contributed by atoms with Crippen LogP contribution < -0.4 is 10.3 Å². The quantitative estimate of drug-likeness (QED) is 0.657. The maximum absolute atomic E-state index is 13.0. The molecular formula is C20H22FN3O2. The minimum absolute atomic E-state index is 0.293. The maximum Gasteiger partial charge on any atom is 0.319 e. The Bertz CT molecular complexity index is 792. The lowest BCUT2D eigenvalue weighted by Gasteiger charge is -2.23. The molecule has 26 heavy (non-hydrogen) atoms. The number of hydrogen-bond acceptors (Lipinski definition) is 5. The fraction of sp³-hybridized carbons (Fsp3) is 0.300. The zero-order valence-electron chi connectivity index (χ0n) is 14.9. The molecule has 1 saturated heterocycles. The molecule has 2 aromatic carbocycles. The fourth-order valence-electron chi connectivity index (χ4n) is 2.99. The van der Waals surface area contributed by atoms with E-state index in [9.17, 15) is 9.18 Å². The standard InChI is InChI=1S/C20H22FN3O2/c1-3-26-19(25)20(2)14-24(17-7-5-4-6-8-17)13-18(20)23-22-16-11-9-15(21)10-12-16/h4-12,22H,3,13-14H2,1-2H3/b23-18+. The summed E-state index contributed by atoms with van der Waals surface area (Å²) in [6.45, 7) is 4.95. The lowest BCUT2D eigenvalue weighted by molar-refractivity contribution is -0.149. The van der Waals surface area contributed by atoms with Crippen LogP contribution in [-0.2, 0) is 9.53 Å². The number of anilines is 2. The summed E-state index contributed by atoms with van der Waals surface area (Å²) < 4.78 is 18.3. The Morgan fingerprint density at radius 2 is 1.92 bits per heavy atom. The molecule has 1 heterocycles. The van der Waals surface area contributed by atoms with E-state index < -0.39 is 5.41 Å². The zero-order valence-corrected chi connectivity index (χ0v) is 14.9. The van der Waals surface area contributed by atoms with E-state index >= 15 is 0 Å². The molecule has 1 fully saturated rings. The molecule has 0 bridgehead atoms. The van der Waals surface area contributed by atoms with E-state index in [2.05, 4.69) is 15.4 Å². The van der Waals surface area contributed by atoms with Crippen LogP contribution in [-0.4, -0.2) is 31.4 Å². The molecule has 1 N–H and O–H groups in total. The van der Waals surface area contributed by atoms with Crippen LogP contribution in [0.25, 0.3) is 0 Å². The molecule has 2 aromatic rings. The fourth-order valence-corrected chi connectivity index (χ4v) is 2.99. The van der Waals surface area contributed by atoms with Crippen LogP contribution in [0, 0.1) is 11.2 Å². The summed E-state index contributed by atoms with van der Waals surface area (Å²) in [5.41, 5.74) is 4.44. The van der Waals surface area contributed by atoms with Crippen LogP contribution in [0.1, 0.15) is 13.8 Å². The first-order chi connectivity index (χ1) is 12.5. The molecule has 136 valence electrons. The number of carbonyl (C=O) groups is 1. The van der Waals surface area contributed by atoms with Gasteiger partial charge < -0.3 is 9.64 Å². The normalized spacial score (nSPS) is 21.0. The molecule has 1 atom stereocenters. The molecule has 6 heteroatoms. The number of nitrogens with zero attached hydrogens (tertiary/aromatic N) is 2. The van der Waals surface area contributed by atoms with Crippen molar-refractivity contribution in [3.05, 3.63) is 60.4 Å². The molecule has 0 aromatic heterocycles. The van der Waals surface area contributed by atoms with Gasteiger partial charge in [0.2, 0.25) is 0 Å². The number of ether oxygens (including phenoxy) is 1. The van der Waals surface area contributed by atoms with Crippen molar-refractivity contribution >= 4 is 23.1 Å². The minimum atomic E-state index is -0.848. The lowest BCUT2D eigenvalue weighted by Crippen LogP contribution is -2.38. The Balaban J connectivity index is 1.87. The topological polar surface area (TPSA) is 53.9 Å². The van der Waals surface area contributed by atoms with Gasteiger partial charge in [0.15, 0.2) is 0 Å². The van der Waals surface area contributed by atoms with E-state index in [1.54, 1.807) is 19.1 Å². The van der Waals surface area contributed by atoms with Crippen LogP contribution in [0.4, 0.5) is 15.8 Å². The first-order valence-corrected chi connectivity index (χ1v) is 8.59. The average Bonchev–Trinajstić information content (AvgIpc) is 3.00. The van der Waals surface area contributed by atoms with E-state index in [1.807, 2.05) is 37.3 Å². The number of hydrazone groups is 1. The first-order valence-electron chi connectivity index (χ1n) is 8.59. The number of hydrogen-bond donors (Lipinski definition) is 1. The van der Waals surface area contributed by atoms with Gasteiger partial charge in [-0.2, -0.15) is 5.10 Å². The summed E-state index contributed by atoms with van der Waals surface area (Å²) in [5.74, 6) is -0.603. The lowest BCUT2D eigenvalue weighted by atomic mass is 9.88. The van der Waals surface area contributed by atoms with Crippen LogP contribution in [0.3, 0.4) is 0 Å². The van der Waals surface area contributed by atoms with Crippen molar-refractivity contribution in [1.29, 1.82) is 0 Å². The Morgan fingerprint density at radius 3 is 2.58 bits per heavy atom. The molecule has 3 rings (SSSR count). The third-order valence-corrected chi connectivity index (χ3v) is 4.50. The highest BCUT2D eigenvalue weighted by Crippen LogP contribution is 2.33. The summed E-state index contributed by atoms with van der Waals surface area (Å²) in [4.78, 5) is 14.7. The highest BCUT2D eigenvalue weighted by atomic mass is 19.1. The van der Waals surface area contributed by atoms with Gasteiger partial charge in [-0.15, -0.1) is 0 Å². The number of carbonyl (C=O) groups excluding carboxylic acids is 1. The average molecular weight is 355 g/mol. The van der Waals surface area contributed by atoms with Gasteiger partial charge in [-0.25, -0.2) is 4.39 Å². The largest absolute Gasteiger partial charge is 0.465 e. The van der Waals surface area contributed by atoms with Gasteiger partial charge in [0.25, 0.3) is 0 Å². The third kappa shape index (κ3) is 3.69. The molecule has 1 aliphatic heterocycles. The molecule has 0 saturated carbocycles. The predicted molar refractivity (Wildman–Crippen MR) is 101 cm³/mol. The second kappa shape index (κ2) is 7.56. The van der Waals surface area contributed by atoms with Crippen molar-refractivity contribution in [3.8, 4) is 0 Å². The molecule has 0 amide bonds. The van der Waals surface area contributed by atoms with Gasteiger partial charge >= 0.3 is 5.97 Å². The van der Waals surface area contributed by atoms with E-state index in [0.29, 0.717) is 31.1 Å². The summed E-state index contributed by atoms with van der Waals surface area (Å²) in [7, 11) is 0. The Hall–Kier alpha value is -2.89. The number of halogens is 1. The van der Waals surface area contributed by atoms with Crippen LogP contribution in [0.5, 0.6) is 0 Å². The SMILES string of the molecule is CCOC(=O)C1(C)CN(c2ccccc2)C/C1=N\Nc1ccc(F)cc1. The maximum atomic E-state index is 13.0. The number of para-hydroxylation sites is 1. The van der Waals surface area contributed by atoms with Crippen molar-refractivity contribution in [1.82, 2.24) is 0 Å². The van der Waals surface area contributed by atoms with Crippen molar-refractivity contribution in [2.45, 2.75) is 13.8 Å². The van der Waals surface area contributed by atoms with Gasteiger partial charge in [0.05, 0.1) is 24.6 Å². The van der Waals surface area contributed by atoms with Gasteiger partial charge in [-0.05, 0) is 50.2 Å². The van der Waals surface area contributed by atoms with Gasteiger partial charge in [-0.1, -0.05) is 18.2 Å². The molecule has 5 nitrogen and oxygen atoms in total. The van der Waals surface area contributed by atoms with Gasteiger partial charge in [-0.3, -0.25) is 10.2 Å². The summed E-state index contributed by atoms with van der Waals surface area (Å²) >= 11 is 0. The van der Waals surface area contributed by atoms with E-state index in [4.69, 9.17) is 4.74 Å². The molecular weight excluding hydrogens is 333 g/mol. The Kier molecular flexibility index (Phi) is 5.21. The predicted octanol–water partition coefficient (Wildman–Crippen LogP) is 3.68. The monoisotopic (exact) mass is 355 g/mol. The molecule has 0 spiro atoms. The second-order valence-corrected chi connectivity index (χ2v) is 6.42. The number of esters is 1. The van der Waals surface area contributed by atoms with Crippen LogP contribution >= 0.6 is 0 Å². The van der Waals surface area contributed by atoms with Crippen LogP contribution in [0.2, 0.25) is 0 Å². The van der Waals surface area contributed by atoms with Crippen LogP contribution in [0.15, 0.2) is 59.7 Å². The summed E-state index contributed by atoms with van der Waals surface area (Å²) in [5, 5.41) is 4.46. The number of benzene rings is 2. The van der Waals surface area contributed by atoms with Crippen molar-refractivity contribution < 1.29 is 13.9 Å². The third-order valence-electron chi connectivity index (χ3n) is 4.50. The van der Waals surface area contributed by atoms with Gasteiger partial charge in [0, 0.05) is 12.2 Å². The van der Waals surface area contributed by atoms with Gasteiger partial charge in [0.1, 0.15) is 11.2 Å². The Labute approximate surface area is 152 Å². The second-order valence-electron chi connectivity index (χ2n) is 6.42. The highest BCUT2D eigenvalue weighted by Gasteiger charge is 2.47. The molecule has 0 radical (unpaired) electrons.